The third-order valence-electron chi connectivity index (χ3n) is 2.57. The number of aromatic nitrogens is 1. The van der Waals surface area contributed by atoms with E-state index in [-0.39, 0.29) is 5.91 Å². The third kappa shape index (κ3) is 5.01. The zero-order valence-electron chi connectivity index (χ0n) is 11.3. The number of hydrogen-bond donors (Lipinski definition) is 1. The van der Waals surface area contributed by atoms with Gasteiger partial charge in [-0.05, 0) is 20.5 Å². The molecule has 5 nitrogen and oxygen atoms in total. The molecule has 0 aliphatic heterocycles. The van der Waals surface area contributed by atoms with E-state index < -0.39 is 0 Å². The Labute approximate surface area is 113 Å². The molecular formula is C12H22N4OS. The summed E-state index contributed by atoms with van der Waals surface area (Å²) in [5.74, 6) is 0.129. The van der Waals surface area contributed by atoms with Gasteiger partial charge in [-0.3, -0.25) is 4.79 Å². The van der Waals surface area contributed by atoms with Crippen LogP contribution >= 0.6 is 11.3 Å². The van der Waals surface area contributed by atoms with Crippen LogP contribution < -0.4 is 5.73 Å². The molecule has 6 heteroatoms. The Hall–Kier alpha value is -1.14. The SMILES string of the molecule is CCCN(CCN(C)C)C(=O)Cc1csc(N)n1. The van der Waals surface area contributed by atoms with Crippen LogP contribution in [0.25, 0.3) is 0 Å². The van der Waals surface area contributed by atoms with E-state index in [1.165, 1.54) is 11.3 Å². The molecule has 0 fully saturated rings. The minimum atomic E-state index is 0.129. The lowest BCUT2D eigenvalue weighted by Crippen LogP contribution is -2.38. The molecular weight excluding hydrogens is 248 g/mol. The highest BCUT2D eigenvalue weighted by atomic mass is 32.1. The van der Waals surface area contributed by atoms with Crippen LogP contribution in [0.1, 0.15) is 19.0 Å². The van der Waals surface area contributed by atoms with E-state index in [2.05, 4.69) is 16.8 Å². The van der Waals surface area contributed by atoms with Crippen molar-refractivity contribution in [1.29, 1.82) is 0 Å². The zero-order valence-corrected chi connectivity index (χ0v) is 12.2. The summed E-state index contributed by atoms with van der Waals surface area (Å²) < 4.78 is 0. The number of rotatable bonds is 7. The second-order valence-electron chi connectivity index (χ2n) is 4.54. The van der Waals surface area contributed by atoms with Crippen LogP contribution in [0, 0.1) is 0 Å². The van der Waals surface area contributed by atoms with Crippen LogP contribution in [0.5, 0.6) is 0 Å². The molecule has 1 aromatic heterocycles. The second kappa shape index (κ2) is 7.33. The number of carbonyl (C=O) groups excluding carboxylic acids is 1. The lowest BCUT2D eigenvalue weighted by molar-refractivity contribution is -0.130. The first kappa shape index (κ1) is 14.9. The molecule has 0 atom stereocenters. The molecule has 102 valence electrons. The Bertz CT molecular complexity index is 378. The van der Waals surface area contributed by atoms with Gasteiger partial charge in [0.15, 0.2) is 5.13 Å². The molecule has 2 N–H and O–H groups in total. The lowest BCUT2D eigenvalue weighted by Gasteiger charge is -2.23. The van der Waals surface area contributed by atoms with Crippen LogP contribution in [0.4, 0.5) is 5.13 Å². The van der Waals surface area contributed by atoms with Crippen LogP contribution in [-0.4, -0.2) is 54.4 Å². The molecule has 0 aromatic carbocycles. The number of carbonyl (C=O) groups is 1. The van der Waals surface area contributed by atoms with Gasteiger partial charge in [0.2, 0.25) is 5.91 Å². The molecule has 1 amide bonds. The number of nitrogen functional groups attached to an aromatic ring is 1. The lowest BCUT2D eigenvalue weighted by atomic mass is 10.2. The maximum absolute atomic E-state index is 12.2. The zero-order chi connectivity index (χ0) is 13.5. The number of amides is 1. The first-order valence-corrected chi connectivity index (χ1v) is 7.03. The molecule has 0 spiro atoms. The van der Waals surface area contributed by atoms with Gasteiger partial charge in [-0.1, -0.05) is 6.92 Å². The Kier molecular flexibility index (Phi) is 6.07. The highest BCUT2D eigenvalue weighted by Crippen LogP contribution is 2.12. The van der Waals surface area contributed by atoms with Crippen molar-refractivity contribution in [3.63, 3.8) is 0 Å². The predicted octanol–water partition coefficient (Wildman–Crippen LogP) is 1.07. The van der Waals surface area contributed by atoms with Gasteiger partial charge >= 0.3 is 0 Å². The molecule has 1 aromatic rings. The third-order valence-corrected chi connectivity index (χ3v) is 3.29. The quantitative estimate of drug-likeness (QED) is 0.805. The number of hydrogen-bond acceptors (Lipinski definition) is 5. The van der Waals surface area contributed by atoms with Crippen molar-refractivity contribution >= 4 is 22.4 Å². The fourth-order valence-corrected chi connectivity index (χ4v) is 2.19. The Balaban J connectivity index is 2.53. The Morgan fingerprint density at radius 3 is 2.61 bits per heavy atom. The highest BCUT2D eigenvalue weighted by Gasteiger charge is 2.14. The van der Waals surface area contributed by atoms with Gasteiger partial charge in [0.1, 0.15) is 0 Å². The van der Waals surface area contributed by atoms with E-state index in [0.717, 1.165) is 31.7 Å². The molecule has 0 saturated carbocycles. The number of anilines is 1. The van der Waals surface area contributed by atoms with Gasteiger partial charge in [0.05, 0.1) is 12.1 Å². The summed E-state index contributed by atoms with van der Waals surface area (Å²) in [6.07, 6.45) is 1.32. The molecule has 1 rings (SSSR count). The van der Waals surface area contributed by atoms with E-state index in [0.29, 0.717) is 11.6 Å². The second-order valence-corrected chi connectivity index (χ2v) is 5.43. The molecule has 0 bridgehead atoms. The van der Waals surface area contributed by atoms with Crippen LogP contribution in [0.2, 0.25) is 0 Å². The van der Waals surface area contributed by atoms with Gasteiger partial charge in [-0.25, -0.2) is 4.98 Å². The van der Waals surface area contributed by atoms with E-state index in [4.69, 9.17) is 5.73 Å². The van der Waals surface area contributed by atoms with Crippen molar-refractivity contribution < 1.29 is 4.79 Å². The largest absolute Gasteiger partial charge is 0.375 e. The molecule has 0 saturated heterocycles. The molecule has 0 aliphatic rings. The van der Waals surface area contributed by atoms with Crippen molar-refractivity contribution in [2.24, 2.45) is 0 Å². The molecule has 0 unspecified atom stereocenters. The first-order chi connectivity index (χ1) is 8.52. The summed E-state index contributed by atoms with van der Waals surface area (Å²) in [5, 5.41) is 2.37. The Morgan fingerprint density at radius 1 is 1.39 bits per heavy atom. The molecule has 0 aliphatic carbocycles. The molecule has 1 heterocycles. The van der Waals surface area contributed by atoms with Crippen LogP contribution in [0.15, 0.2) is 5.38 Å². The van der Waals surface area contributed by atoms with Gasteiger partial charge in [-0.2, -0.15) is 0 Å². The van der Waals surface area contributed by atoms with Crippen molar-refractivity contribution in [1.82, 2.24) is 14.8 Å². The van der Waals surface area contributed by atoms with E-state index in [1.807, 2.05) is 24.4 Å². The topological polar surface area (TPSA) is 62.5 Å². The van der Waals surface area contributed by atoms with Crippen LogP contribution in [0.3, 0.4) is 0 Å². The Morgan fingerprint density at radius 2 is 2.11 bits per heavy atom. The number of likely N-dealkylation sites (N-methyl/N-ethyl adjacent to an activating group) is 1. The van der Waals surface area contributed by atoms with Crippen molar-refractivity contribution in [3.05, 3.63) is 11.1 Å². The van der Waals surface area contributed by atoms with E-state index in [1.54, 1.807) is 0 Å². The fraction of sp³-hybridized carbons (Fsp3) is 0.667. The van der Waals surface area contributed by atoms with Gasteiger partial charge < -0.3 is 15.5 Å². The minimum absolute atomic E-state index is 0.129. The summed E-state index contributed by atoms with van der Waals surface area (Å²) in [6.45, 7) is 4.52. The molecule has 0 radical (unpaired) electrons. The minimum Gasteiger partial charge on any atom is -0.375 e. The number of nitrogens with two attached hydrogens (primary N) is 1. The van der Waals surface area contributed by atoms with Crippen molar-refractivity contribution in [2.45, 2.75) is 19.8 Å². The standard InChI is InChI=1S/C12H22N4OS/c1-4-5-16(7-6-15(2)3)11(17)8-10-9-18-12(13)14-10/h9H,4-8H2,1-3H3,(H2,13,14). The number of nitrogens with zero attached hydrogens (tertiary/aromatic N) is 3. The summed E-state index contributed by atoms with van der Waals surface area (Å²) in [6, 6.07) is 0. The average molecular weight is 270 g/mol. The predicted molar refractivity (Wildman–Crippen MR) is 75.7 cm³/mol. The van der Waals surface area contributed by atoms with E-state index >= 15 is 0 Å². The van der Waals surface area contributed by atoms with Gasteiger partial charge in [-0.15, -0.1) is 11.3 Å². The van der Waals surface area contributed by atoms with E-state index in [9.17, 15) is 4.79 Å². The smallest absolute Gasteiger partial charge is 0.228 e. The monoisotopic (exact) mass is 270 g/mol. The fourth-order valence-electron chi connectivity index (χ4n) is 1.62. The van der Waals surface area contributed by atoms with Gasteiger partial charge in [0, 0.05) is 25.0 Å². The van der Waals surface area contributed by atoms with Crippen LogP contribution in [-0.2, 0) is 11.2 Å². The summed E-state index contributed by atoms with van der Waals surface area (Å²) >= 11 is 1.38. The first-order valence-electron chi connectivity index (χ1n) is 6.15. The summed E-state index contributed by atoms with van der Waals surface area (Å²) in [7, 11) is 4.02. The average Bonchev–Trinajstić information content (AvgIpc) is 2.69. The summed E-state index contributed by atoms with van der Waals surface area (Å²) in [5.41, 5.74) is 6.34. The highest BCUT2D eigenvalue weighted by molar-refractivity contribution is 7.13. The van der Waals surface area contributed by atoms with Crippen molar-refractivity contribution in [3.8, 4) is 0 Å². The molecule has 18 heavy (non-hydrogen) atoms. The maximum atomic E-state index is 12.2. The van der Waals surface area contributed by atoms with Gasteiger partial charge in [0.25, 0.3) is 0 Å². The van der Waals surface area contributed by atoms with Crippen molar-refractivity contribution in [2.75, 3.05) is 39.5 Å². The number of thiazole rings is 1. The normalized spacial score (nSPS) is 10.9. The maximum Gasteiger partial charge on any atom is 0.228 e. The summed E-state index contributed by atoms with van der Waals surface area (Å²) in [4.78, 5) is 20.3.